The number of hydrogen-bond acceptors (Lipinski definition) is 3. The zero-order valence-electron chi connectivity index (χ0n) is 11.1. The molecule has 0 saturated carbocycles. The van der Waals surface area contributed by atoms with Crippen LogP contribution in [0.3, 0.4) is 0 Å². The average molecular weight is 213 g/mol. The van der Waals surface area contributed by atoms with Crippen molar-refractivity contribution in [3.63, 3.8) is 0 Å². The Balaban J connectivity index is 2.59. The monoisotopic (exact) mass is 213 g/mol. The first-order valence-electron chi connectivity index (χ1n) is 6.08. The Morgan fingerprint density at radius 1 is 1.13 bits per heavy atom. The van der Waals surface area contributed by atoms with Crippen molar-refractivity contribution < 1.29 is 0 Å². The zero-order chi connectivity index (χ0) is 11.6. The first kappa shape index (κ1) is 12.9. The van der Waals surface area contributed by atoms with Gasteiger partial charge in [-0.25, -0.2) is 0 Å². The van der Waals surface area contributed by atoms with E-state index < -0.39 is 0 Å². The van der Waals surface area contributed by atoms with Gasteiger partial charge in [-0.1, -0.05) is 13.8 Å². The van der Waals surface area contributed by atoms with Crippen molar-refractivity contribution in [2.45, 2.75) is 51.9 Å². The van der Waals surface area contributed by atoms with Crippen LogP contribution in [0.1, 0.15) is 27.7 Å². The predicted molar refractivity (Wildman–Crippen MR) is 66.2 cm³/mol. The van der Waals surface area contributed by atoms with Crippen LogP contribution in [0.4, 0.5) is 0 Å². The summed E-state index contributed by atoms with van der Waals surface area (Å²) in [5.74, 6) is 0. The topological polar surface area (TPSA) is 18.5 Å². The number of likely N-dealkylation sites (tertiary alicyclic amines) is 1. The summed E-state index contributed by atoms with van der Waals surface area (Å²) in [6.07, 6.45) is 0. The second-order valence-corrected chi connectivity index (χ2v) is 5.51. The summed E-state index contributed by atoms with van der Waals surface area (Å²) in [6.45, 7) is 11.4. The van der Waals surface area contributed by atoms with Crippen molar-refractivity contribution in [1.82, 2.24) is 15.1 Å². The molecular formula is C12H27N3. The van der Waals surface area contributed by atoms with Gasteiger partial charge in [-0.05, 0) is 27.9 Å². The van der Waals surface area contributed by atoms with E-state index in [1.807, 2.05) is 0 Å². The lowest BCUT2D eigenvalue weighted by molar-refractivity contribution is 0.233. The van der Waals surface area contributed by atoms with Gasteiger partial charge >= 0.3 is 0 Å². The lowest BCUT2D eigenvalue weighted by Crippen LogP contribution is -2.48. The number of nitrogens with zero attached hydrogens (tertiary/aromatic N) is 2. The standard InChI is InChI=1S/C12H27N3/c1-9(2)13-11-7-15(10(3)4)8-12(11)14(5)6/h9-13H,7-8H2,1-6H3/t11-,12+/m1/s1. The Morgan fingerprint density at radius 2 is 1.73 bits per heavy atom. The Morgan fingerprint density at radius 3 is 2.13 bits per heavy atom. The van der Waals surface area contributed by atoms with Crippen LogP contribution in [-0.2, 0) is 0 Å². The summed E-state index contributed by atoms with van der Waals surface area (Å²) in [5, 5.41) is 3.67. The smallest absolute Gasteiger partial charge is 0.0383 e. The second-order valence-electron chi connectivity index (χ2n) is 5.51. The van der Waals surface area contributed by atoms with Gasteiger partial charge in [0.05, 0.1) is 0 Å². The Hall–Kier alpha value is -0.120. The minimum Gasteiger partial charge on any atom is -0.309 e. The maximum atomic E-state index is 3.67. The molecule has 15 heavy (non-hydrogen) atoms. The van der Waals surface area contributed by atoms with E-state index in [9.17, 15) is 0 Å². The predicted octanol–water partition coefficient (Wildman–Crippen LogP) is 1.01. The molecule has 0 bridgehead atoms. The van der Waals surface area contributed by atoms with Crippen molar-refractivity contribution in [2.24, 2.45) is 0 Å². The molecule has 0 aromatic heterocycles. The minimum absolute atomic E-state index is 0.574. The van der Waals surface area contributed by atoms with E-state index in [0.29, 0.717) is 24.2 Å². The summed E-state index contributed by atoms with van der Waals surface area (Å²) in [5.41, 5.74) is 0. The molecule has 0 aromatic rings. The first-order valence-corrected chi connectivity index (χ1v) is 6.08. The fraction of sp³-hybridized carbons (Fsp3) is 1.00. The third kappa shape index (κ3) is 3.44. The van der Waals surface area contributed by atoms with Crippen molar-refractivity contribution in [3.8, 4) is 0 Å². The molecule has 1 aliphatic heterocycles. The molecule has 0 spiro atoms. The van der Waals surface area contributed by atoms with Crippen molar-refractivity contribution in [2.75, 3.05) is 27.2 Å². The normalized spacial score (nSPS) is 28.6. The summed E-state index contributed by atoms with van der Waals surface area (Å²) < 4.78 is 0. The highest BCUT2D eigenvalue weighted by Crippen LogP contribution is 2.17. The lowest BCUT2D eigenvalue weighted by Gasteiger charge is -2.27. The molecule has 0 amide bonds. The van der Waals surface area contributed by atoms with Gasteiger partial charge in [-0.15, -0.1) is 0 Å². The van der Waals surface area contributed by atoms with Crippen molar-refractivity contribution in [3.05, 3.63) is 0 Å². The molecule has 1 saturated heterocycles. The van der Waals surface area contributed by atoms with Crippen LogP contribution in [0.5, 0.6) is 0 Å². The molecule has 1 N–H and O–H groups in total. The fourth-order valence-corrected chi connectivity index (χ4v) is 2.35. The summed E-state index contributed by atoms with van der Waals surface area (Å²) >= 11 is 0. The van der Waals surface area contributed by atoms with E-state index >= 15 is 0 Å². The fourth-order valence-electron chi connectivity index (χ4n) is 2.35. The van der Waals surface area contributed by atoms with Crippen LogP contribution >= 0.6 is 0 Å². The molecule has 0 aliphatic carbocycles. The van der Waals surface area contributed by atoms with Crippen molar-refractivity contribution in [1.29, 1.82) is 0 Å². The molecule has 3 heteroatoms. The van der Waals surface area contributed by atoms with E-state index in [0.717, 1.165) is 0 Å². The largest absolute Gasteiger partial charge is 0.309 e. The summed E-state index contributed by atoms with van der Waals surface area (Å²) in [4.78, 5) is 4.91. The van der Waals surface area contributed by atoms with Gasteiger partial charge in [0.2, 0.25) is 0 Å². The molecule has 0 aromatic carbocycles. The third-order valence-corrected chi connectivity index (χ3v) is 3.26. The van der Waals surface area contributed by atoms with Crippen LogP contribution in [0.2, 0.25) is 0 Å². The maximum Gasteiger partial charge on any atom is 0.0383 e. The van der Waals surface area contributed by atoms with Crippen LogP contribution in [0.15, 0.2) is 0 Å². The van der Waals surface area contributed by atoms with Gasteiger partial charge in [0.1, 0.15) is 0 Å². The number of likely N-dealkylation sites (N-methyl/N-ethyl adjacent to an activating group) is 1. The maximum absolute atomic E-state index is 3.67. The molecule has 90 valence electrons. The second kappa shape index (κ2) is 5.28. The van der Waals surface area contributed by atoms with Gasteiger partial charge < -0.3 is 10.2 Å². The number of hydrogen-bond donors (Lipinski definition) is 1. The molecule has 0 unspecified atom stereocenters. The quantitative estimate of drug-likeness (QED) is 0.752. The van der Waals surface area contributed by atoms with Crippen molar-refractivity contribution >= 4 is 0 Å². The highest BCUT2D eigenvalue weighted by Gasteiger charge is 2.34. The van der Waals surface area contributed by atoms with E-state index in [2.05, 4.69) is 56.9 Å². The Labute approximate surface area is 94.8 Å². The molecule has 1 rings (SSSR count). The molecular weight excluding hydrogens is 186 g/mol. The third-order valence-electron chi connectivity index (χ3n) is 3.26. The van der Waals surface area contributed by atoms with Gasteiger partial charge in [0, 0.05) is 37.3 Å². The van der Waals surface area contributed by atoms with E-state index in [4.69, 9.17) is 0 Å². The Bertz CT molecular complexity index is 189. The van der Waals surface area contributed by atoms with Gasteiger partial charge in [0.15, 0.2) is 0 Å². The van der Waals surface area contributed by atoms with E-state index in [1.165, 1.54) is 13.1 Å². The van der Waals surface area contributed by atoms with Gasteiger partial charge in [0.25, 0.3) is 0 Å². The molecule has 0 radical (unpaired) electrons. The van der Waals surface area contributed by atoms with Crippen LogP contribution in [0.25, 0.3) is 0 Å². The van der Waals surface area contributed by atoms with Gasteiger partial charge in [-0.3, -0.25) is 4.90 Å². The van der Waals surface area contributed by atoms with Crippen LogP contribution in [0, 0.1) is 0 Å². The number of nitrogens with one attached hydrogen (secondary N) is 1. The zero-order valence-corrected chi connectivity index (χ0v) is 11.1. The highest BCUT2D eigenvalue weighted by molar-refractivity contribution is 4.95. The molecule has 3 nitrogen and oxygen atoms in total. The summed E-state index contributed by atoms with van der Waals surface area (Å²) in [7, 11) is 4.37. The van der Waals surface area contributed by atoms with Crippen LogP contribution < -0.4 is 5.32 Å². The summed E-state index contributed by atoms with van der Waals surface area (Å²) in [6, 6.07) is 2.49. The lowest BCUT2D eigenvalue weighted by atomic mass is 10.1. The highest BCUT2D eigenvalue weighted by atomic mass is 15.3. The average Bonchev–Trinajstić information content (AvgIpc) is 2.46. The SMILES string of the molecule is CC(C)N[C@@H]1CN(C(C)C)C[C@@H]1N(C)C. The number of rotatable bonds is 4. The minimum atomic E-state index is 0.574. The van der Waals surface area contributed by atoms with Gasteiger partial charge in [-0.2, -0.15) is 0 Å². The molecule has 1 fully saturated rings. The van der Waals surface area contributed by atoms with E-state index in [1.54, 1.807) is 0 Å². The first-order chi connectivity index (χ1) is 6.91. The van der Waals surface area contributed by atoms with E-state index in [-0.39, 0.29) is 0 Å². The Kier molecular flexibility index (Phi) is 4.56. The molecule has 1 heterocycles. The molecule has 1 aliphatic rings. The van der Waals surface area contributed by atoms with Crippen LogP contribution in [-0.4, -0.2) is 61.2 Å². The molecule has 2 atom stereocenters.